The Kier molecular flexibility index (Phi) is 7.45. The van der Waals surface area contributed by atoms with Gasteiger partial charge in [-0.05, 0) is 35.6 Å². The van der Waals surface area contributed by atoms with Crippen LogP contribution in [0.5, 0.6) is 0 Å². The lowest BCUT2D eigenvalue weighted by atomic mass is 9.98. The minimum atomic E-state index is -1.05. The number of nitrogens with zero attached hydrogens (tertiary/aromatic N) is 2. The fraction of sp³-hybridized carbons (Fsp3) is 0.308. The van der Waals surface area contributed by atoms with Crippen LogP contribution in [0, 0.1) is 0 Å². The zero-order valence-electron chi connectivity index (χ0n) is 19.4. The summed E-state index contributed by atoms with van der Waals surface area (Å²) >= 11 is 0. The second-order valence-corrected chi connectivity index (χ2v) is 8.38. The summed E-state index contributed by atoms with van der Waals surface area (Å²) in [7, 11) is 0. The molecule has 3 aromatic rings. The first-order valence-electron chi connectivity index (χ1n) is 11.6. The van der Waals surface area contributed by atoms with Gasteiger partial charge in [0.25, 0.3) is 0 Å². The number of hydrogen-bond donors (Lipinski definition) is 3. The number of alkyl carbamates (subject to hydrolysis) is 1. The van der Waals surface area contributed by atoms with Crippen LogP contribution in [0.15, 0.2) is 60.9 Å². The number of aromatic nitrogens is 2. The molecule has 35 heavy (non-hydrogen) atoms. The molecule has 3 N–H and O–H groups in total. The van der Waals surface area contributed by atoms with Crippen molar-refractivity contribution in [2.24, 2.45) is 0 Å². The lowest BCUT2D eigenvalue weighted by molar-refractivity contribution is -0.137. The van der Waals surface area contributed by atoms with Crippen molar-refractivity contribution in [2.75, 3.05) is 6.61 Å². The van der Waals surface area contributed by atoms with Gasteiger partial charge < -0.3 is 20.5 Å². The number of nitrogens with one attached hydrogen (secondary N) is 2. The van der Waals surface area contributed by atoms with E-state index in [0.29, 0.717) is 6.54 Å². The molecule has 182 valence electrons. The first kappa shape index (κ1) is 24.0. The molecule has 1 aliphatic rings. The van der Waals surface area contributed by atoms with E-state index < -0.39 is 24.0 Å². The van der Waals surface area contributed by atoms with Gasteiger partial charge in [0.2, 0.25) is 5.91 Å². The van der Waals surface area contributed by atoms with Gasteiger partial charge in [-0.3, -0.25) is 14.3 Å². The summed E-state index contributed by atoms with van der Waals surface area (Å²) in [5.41, 5.74) is 5.19. The summed E-state index contributed by atoms with van der Waals surface area (Å²) in [6.45, 7) is 2.98. The number of carbonyl (C=O) groups is 3. The van der Waals surface area contributed by atoms with Crippen molar-refractivity contribution in [1.29, 1.82) is 0 Å². The Labute approximate surface area is 203 Å². The maximum atomic E-state index is 12.7. The molecule has 9 nitrogen and oxygen atoms in total. The quantitative estimate of drug-likeness (QED) is 0.413. The van der Waals surface area contributed by atoms with Gasteiger partial charge in [-0.2, -0.15) is 5.10 Å². The largest absolute Gasteiger partial charge is 0.481 e. The Bertz CT molecular complexity index is 1180. The van der Waals surface area contributed by atoms with Crippen LogP contribution in [0.3, 0.4) is 0 Å². The Morgan fingerprint density at radius 2 is 1.74 bits per heavy atom. The van der Waals surface area contributed by atoms with E-state index in [4.69, 9.17) is 9.84 Å². The van der Waals surface area contributed by atoms with Gasteiger partial charge in [0, 0.05) is 37.2 Å². The molecule has 0 aliphatic heterocycles. The fourth-order valence-corrected chi connectivity index (χ4v) is 4.30. The maximum Gasteiger partial charge on any atom is 0.407 e. The normalized spacial score (nSPS) is 12.9. The first-order valence-corrected chi connectivity index (χ1v) is 11.6. The molecule has 0 saturated heterocycles. The van der Waals surface area contributed by atoms with Crippen LogP contribution in [0.2, 0.25) is 0 Å². The maximum absolute atomic E-state index is 12.7. The third-order valence-electron chi connectivity index (χ3n) is 6.08. The van der Waals surface area contributed by atoms with Crippen LogP contribution in [0.25, 0.3) is 11.1 Å². The van der Waals surface area contributed by atoms with E-state index in [1.807, 2.05) is 61.7 Å². The predicted octanol–water partition coefficient (Wildman–Crippen LogP) is 3.29. The Morgan fingerprint density at radius 3 is 2.34 bits per heavy atom. The molecule has 0 saturated carbocycles. The number of carboxylic acid groups (broad SMARTS) is 1. The van der Waals surface area contributed by atoms with Crippen molar-refractivity contribution < 1.29 is 24.2 Å². The van der Waals surface area contributed by atoms with Gasteiger partial charge >= 0.3 is 12.1 Å². The zero-order chi connectivity index (χ0) is 24.8. The predicted molar refractivity (Wildman–Crippen MR) is 129 cm³/mol. The van der Waals surface area contributed by atoms with Gasteiger partial charge in [-0.15, -0.1) is 0 Å². The van der Waals surface area contributed by atoms with E-state index in [9.17, 15) is 14.4 Å². The van der Waals surface area contributed by atoms with E-state index >= 15 is 0 Å². The summed E-state index contributed by atoms with van der Waals surface area (Å²) in [5.74, 6) is -1.65. The first-order chi connectivity index (χ1) is 17.0. The van der Waals surface area contributed by atoms with Crippen LogP contribution in [0.1, 0.15) is 42.4 Å². The van der Waals surface area contributed by atoms with Crippen LogP contribution in [-0.4, -0.2) is 45.5 Å². The van der Waals surface area contributed by atoms with Crippen LogP contribution in [0.4, 0.5) is 4.79 Å². The molecular formula is C26H28N4O5. The number of amides is 2. The van der Waals surface area contributed by atoms with Crippen LogP contribution < -0.4 is 10.6 Å². The van der Waals surface area contributed by atoms with Crippen molar-refractivity contribution in [3.63, 3.8) is 0 Å². The van der Waals surface area contributed by atoms with E-state index in [2.05, 4.69) is 15.7 Å². The summed E-state index contributed by atoms with van der Waals surface area (Å²) in [6.07, 6.45) is 2.37. The molecule has 0 spiro atoms. The molecule has 1 atom stereocenters. The summed E-state index contributed by atoms with van der Waals surface area (Å²) in [6, 6.07) is 15.0. The van der Waals surface area contributed by atoms with Gasteiger partial charge in [-0.1, -0.05) is 48.5 Å². The molecule has 2 aromatic carbocycles. The average Bonchev–Trinajstić information content (AvgIpc) is 3.46. The third kappa shape index (κ3) is 5.68. The number of carboxylic acids is 1. The number of aliphatic carboxylic acids is 1. The summed E-state index contributed by atoms with van der Waals surface area (Å²) in [4.78, 5) is 36.4. The molecule has 1 heterocycles. The summed E-state index contributed by atoms with van der Waals surface area (Å²) < 4.78 is 7.25. The van der Waals surface area contributed by atoms with Gasteiger partial charge in [-0.25, -0.2) is 4.79 Å². The molecule has 1 aliphatic carbocycles. The molecule has 9 heteroatoms. The molecule has 0 radical (unpaired) electrons. The van der Waals surface area contributed by atoms with Gasteiger partial charge in [0.15, 0.2) is 0 Å². The summed E-state index contributed by atoms with van der Waals surface area (Å²) in [5, 5.41) is 18.5. The van der Waals surface area contributed by atoms with Gasteiger partial charge in [0.05, 0.1) is 6.20 Å². The number of benzene rings is 2. The molecular weight excluding hydrogens is 448 g/mol. The monoisotopic (exact) mass is 476 g/mol. The SMILES string of the molecule is CCn1cc(CNC(=O)C(CCC(=O)O)NC(=O)OCC2c3ccccc3-c3ccccc32)cn1. The van der Waals surface area contributed by atoms with E-state index in [1.54, 1.807) is 10.9 Å². The molecule has 0 fully saturated rings. The lowest BCUT2D eigenvalue weighted by Gasteiger charge is -2.19. The Morgan fingerprint density at radius 1 is 1.09 bits per heavy atom. The van der Waals surface area contributed by atoms with Gasteiger partial charge in [0.1, 0.15) is 12.6 Å². The lowest BCUT2D eigenvalue weighted by Crippen LogP contribution is -2.47. The highest BCUT2D eigenvalue weighted by Crippen LogP contribution is 2.44. The van der Waals surface area contributed by atoms with Crippen molar-refractivity contribution in [3.05, 3.63) is 77.6 Å². The molecule has 0 bridgehead atoms. The number of aryl methyl sites for hydroxylation is 1. The van der Waals surface area contributed by atoms with Crippen molar-refractivity contribution in [3.8, 4) is 11.1 Å². The fourth-order valence-electron chi connectivity index (χ4n) is 4.30. The van der Waals surface area contributed by atoms with Crippen LogP contribution >= 0.6 is 0 Å². The molecule has 1 unspecified atom stereocenters. The van der Waals surface area contributed by atoms with E-state index in [-0.39, 0.29) is 31.9 Å². The van der Waals surface area contributed by atoms with Crippen molar-refractivity contribution in [1.82, 2.24) is 20.4 Å². The second-order valence-electron chi connectivity index (χ2n) is 8.38. The highest BCUT2D eigenvalue weighted by molar-refractivity contribution is 5.86. The highest BCUT2D eigenvalue weighted by atomic mass is 16.5. The third-order valence-corrected chi connectivity index (χ3v) is 6.08. The number of fused-ring (bicyclic) bond motifs is 3. The standard InChI is InChI=1S/C26H28N4O5/c1-2-30-15-17(14-28-30)13-27-25(33)23(11-12-24(31)32)29-26(34)35-16-22-20-9-5-3-7-18(20)19-8-4-6-10-21(19)22/h3-10,14-15,22-23H,2,11-13,16H2,1H3,(H,27,33)(H,29,34)(H,31,32). The number of ether oxygens (including phenoxy) is 1. The smallest absolute Gasteiger partial charge is 0.407 e. The van der Waals surface area contributed by atoms with Crippen molar-refractivity contribution in [2.45, 2.75) is 44.8 Å². The van der Waals surface area contributed by atoms with E-state index in [0.717, 1.165) is 27.8 Å². The Hall–Kier alpha value is -4.14. The van der Waals surface area contributed by atoms with Crippen molar-refractivity contribution >= 4 is 18.0 Å². The second kappa shape index (κ2) is 10.9. The Balaban J connectivity index is 1.38. The number of carbonyl (C=O) groups excluding carboxylic acids is 2. The minimum Gasteiger partial charge on any atom is -0.481 e. The highest BCUT2D eigenvalue weighted by Gasteiger charge is 2.30. The average molecular weight is 477 g/mol. The molecule has 2 amide bonds. The molecule has 4 rings (SSSR count). The number of hydrogen-bond acceptors (Lipinski definition) is 5. The molecule has 1 aromatic heterocycles. The number of rotatable bonds is 10. The van der Waals surface area contributed by atoms with E-state index in [1.165, 1.54) is 0 Å². The zero-order valence-corrected chi connectivity index (χ0v) is 19.4. The minimum absolute atomic E-state index is 0.0560. The van der Waals surface area contributed by atoms with Crippen LogP contribution in [-0.2, 0) is 27.4 Å². The topological polar surface area (TPSA) is 123 Å².